The number of hydrogen-bond acceptors (Lipinski definition) is 2. The Bertz CT molecular complexity index is 405. The quantitative estimate of drug-likeness (QED) is 0.775. The van der Waals surface area contributed by atoms with E-state index in [2.05, 4.69) is 26.1 Å². The monoisotopic (exact) mass is 244 g/mol. The first-order chi connectivity index (χ1) is 6.24. The Morgan fingerprint density at radius 2 is 2.15 bits per heavy atom. The molecule has 0 amide bonds. The molecule has 0 fully saturated rings. The maximum Gasteiger partial charge on any atom is 0.269 e. The van der Waals surface area contributed by atoms with Crippen LogP contribution in [-0.2, 0) is 0 Å². The first-order valence-corrected chi connectivity index (χ1v) is 4.90. The second-order valence-electron chi connectivity index (χ2n) is 2.42. The Morgan fingerprint density at radius 3 is 2.85 bits per heavy atom. The number of H-pyrrole nitrogens is 2. The molecule has 0 aliphatic heterocycles. The van der Waals surface area contributed by atoms with E-state index in [4.69, 9.17) is 0 Å². The van der Waals surface area contributed by atoms with E-state index < -0.39 is 0 Å². The average molecular weight is 245 g/mol. The lowest BCUT2D eigenvalue weighted by molar-refractivity contribution is 0.947. The van der Waals surface area contributed by atoms with Crippen molar-refractivity contribution in [1.29, 1.82) is 0 Å². The highest BCUT2D eigenvalue weighted by atomic mass is 79.9. The Balaban J connectivity index is 2.94. The predicted molar refractivity (Wildman–Crippen MR) is 55.1 cm³/mol. The third-order valence-corrected chi connectivity index (χ3v) is 1.88. The number of rotatable bonds is 3. The molecule has 0 aliphatic rings. The van der Waals surface area contributed by atoms with Crippen molar-refractivity contribution in [2.45, 2.75) is 6.42 Å². The topological polar surface area (TPSA) is 65.7 Å². The number of allylic oxidation sites excluding steroid dienone is 1. The molecule has 0 radical (unpaired) electrons. The normalized spacial score (nSPS) is 10.8. The minimum atomic E-state index is -0.307. The number of halogens is 1. The van der Waals surface area contributed by atoms with Gasteiger partial charge in [-0.1, -0.05) is 28.1 Å². The summed E-state index contributed by atoms with van der Waals surface area (Å²) in [4.78, 5) is 21.9. The van der Waals surface area contributed by atoms with Crippen molar-refractivity contribution in [3.63, 3.8) is 0 Å². The molecule has 0 bridgehead atoms. The fraction of sp³-hybridized carbons (Fsp3) is 0.250. The summed E-state index contributed by atoms with van der Waals surface area (Å²) < 4.78 is 0. The van der Waals surface area contributed by atoms with Gasteiger partial charge in [-0.3, -0.25) is 19.8 Å². The third kappa shape index (κ3) is 3.02. The molecule has 2 N–H and O–H groups in total. The standard InChI is InChI=1S/C8H9BrN2O2/c9-4-2-1-3-6-5-7(12)10-11-8(6)13/h1,3,5H,2,4H2,(H,10,12)(H,11,13). The summed E-state index contributed by atoms with van der Waals surface area (Å²) in [5.74, 6) is 0. The number of aromatic nitrogens is 2. The highest BCUT2D eigenvalue weighted by molar-refractivity contribution is 9.09. The van der Waals surface area contributed by atoms with Crippen LogP contribution in [0.4, 0.5) is 0 Å². The van der Waals surface area contributed by atoms with Crippen molar-refractivity contribution in [1.82, 2.24) is 10.2 Å². The minimum absolute atomic E-state index is 0.287. The molecule has 0 atom stereocenters. The van der Waals surface area contributed by atoms with E-state index in [-0.39, 0.29) is 11.1 Å². The van der Waals surface area contributed by atoms with Crippen LogP contribution in [0.5, 0.6) is 0 Å². The summed E-state index contributed by atoms with van der Waals surface area (Å²) in [7, 11) is 0. The molecule has 0 unspecified atom stereocenters. The van der Waals surface area contributed by atoms with Crippen molar-refractivity contribution in [3.8, 4) is 0 Å². The van der Waals surface area contributed by atoms with E-state index >= 15 is 0 Å². The van der Waals surface area contributed by atoms with Crippen LogP contribution >= 0.6 is 15.9 Å². The van der Waals surface area contributed by atoms with Crippen LogP contribution in [0.2, 0.25) is 0 Å². The molecule has 0 saturated carbocycles. The summed E-state index contributed by atoms with van der Waals surface area (Å²) in [6, 6.07) is 1.27. The molecule has 70 valence electrons. The number of alkyl halides is 1. The zero-order valence-corrected chi connectivity index (χ0v) is 8.43. The summed E-state index contributed by atoms with van der Waals surface area (Å²) in [6.45, 7) is 0. The Labute approximate surface area is 82.8 Å². The Kier molecular flexibility index (Phi) is 3.70. The first kappa shape index (κ1) is 9.98. The van der Waals surface area contributed by atoms with Gasteiger partial charge >= 0.3 is 0 Å². The van der Waals surface area contributed by atoms with Gasteiger partial charge in [-0.25, -0.2) is 0 Å². The summed E-state index contributed by atoms with van der Waals surface area (Å²) in [5, 5.41) is 5.27. The highest BCUT2D eigenvalue weighted by Crippen LogP contribution is 1.94. The molecule has 4 nitrogen and oxygen atoms in total. The fourth-order valence-electron chi connectivity index (χ4n) is 0.830. The van der Waals surface area contributed by atoms with Gasteiger partial charge in [0.1, 0.15) is 0 Å². The van der Waals surface area contributed by atoms with Crippen LogP contribution in [0.15, 0.2) is 21.7 Å². The van der Waals surface area contributed by atoms with Gasteiger partial charge in [-0.15, -0.1) is 0 Å². The van der Waals surface area contributed by atoms with Gasteiger partial charge in [0.15, 0.2) is 0 Å². The third-order valence-electron chi connectivity index (χ3n) is 1.42. The van der Waals surface area contributed by atoms with Crippen molar-refractivity contribution in [2.75, 3.05) is 5.33 Å². The zero-order valence-electron chi connectivity index (χ0n) is 6.84. The molecule has 0 aromatic carbocycles. The maximum absolute atomic E-state index is 11.1. The van der Waals surface area contributed by atoms with E-state index in [1.54, 1.807) is 6.08 Å². The second-order valence-corrected chi connectivity index (χ2v) is 3.22. The van der Waals surface area contributed by atoms with Crippen LogP contribution in [0.1, 0.15) is 12.0 Å². The van der Waals surface area contributed by atoms with Crippen LogP contribution < -0.4 is 11.1 Å². The smallest absolute Gasteiger partial charge is 0.268 e. The van der Waals surface area contributed by atoms with Gasteiger partial charge < -0.3 is 0 Å². The number of nitrogens with one attached hydrogen (secondary N) is 2. The lowest BCUT2D eigenvalue weighted by Gasteiger charge is -1.89. The van der Waals surface area contributed by atoms with Gasteiger partial charge in [0.05, 0.1) is 0 Å². The van der Waals surface area contributed by atoms with E-state index in [0.717, 1.165) is 11.8 Å². The minimum Gasteiger partial charge on any atom is -0.268 e. The van der Waals surface area contributed by atoms with Crippen molar-refractivity contribution in [3.05, 3.63) is 38.4 Å². The van der Waals surface area contributed by atoms with Crippen molar-refractivity contribution >= 4 is 22.0 Å². The predicted octanol–water partition coefficient (Wildman–Crippen LogP) is 0.861. The summed E-state index contributed by atoms with van der Waals surface area (Å²) in [6.07, 6.45) is 4.29. The molecule has 0 spiro atoms. The SMILES string of the molecule is O=c1cc(C=CCCBr)c(=O)[nH][nH]1. The number of hydrogen-bond donors (Lipinski definition) is 2. The average Bonchev–Trinajstić information content (AvgIpc) is 2.11. The largest absolute Gasteiger partial charge is 0.269 e. The highest BCUT2D eigenvalue weighted by Gasteiger charge is 1.94. The van der Waals surface area contributed by atoms with Gasteiger partial charge in [0.2, 0.25) is 0 Å². The molecule has 1 aromatic heterocycles. The van der Waals surface area contributed by atoms with Gasteiger partial charge in [0.25, 0.3) is 11.1 Å². The van der Waals surface area contributed by atoms with E-state index in [1.807, 2.05) is 6.08 Å². The lowest BCUT2D eigenvalue weighted by atomic mass is 10.2. The van der Waals surface area contributed by atoms with Crippen molar-refractivity contribution < 1.29 is 0 Å². The van der Waals surface area contributed by atoms with Crippen LogP contribution in [-0.4, -0.2) is 15.5 Å². The van der Waals surface area contributed by atoms with E-state index in [0.29, 0.717) is 5.56 Å². The van der Waals surface area contributed by atoms with Gasteiger partial charge in [-0.05, 0) is 6.42 Å². The Morgan fingerprint density at radius 1 is 1.38 bits per heavy atom. The molecule has 0 saturated heterocycles. The van der Waals surface area contributed by atoms with Gasteiger partial charge in [0, 0.05) is 17.0 Å². The zero-order chi connectivity index (χ0) is 9.68. The fourth-order valence-corrected chi connectivity index (χ4v) is 1.09. The molecule has 1 rings (SSSR count). The first-order valence-electron chi connectivity index (χ1n) is 3.78. The molecule has 1 heterocycles. The molecule has 13 heavy (non-hydrogen) atoms. The molecular weight excluding hydrogens is 236 g/mol. The maximum atomic E-state index is 11.1. The molecular formula is C8H9BrN2O2. The molecule has 0 aliphatic carbocycles. The summed E-state index contributed by atoms with van der Waals surface area (Å²) >= 11 is 3.25. The van der Waals surface area contributed by atoms with E-state index in [9.17, 15) is 9.59 Å². The molecule has 5 heteroatoms. The van der Waals surface area contributed by atoms with Gasteiger partial charge in [-0.2, -0.15) is 0 Å². The van der Waals surface area contributed by atoms with Crippen LogP contribution in [0, 0.1) is 0 Å². The van der Waals surface area contributed by atoms with Crippen molar-refractivity contribution in [2.24, 2.45) is 0 Å². The van der Waals surface area contributed by atoms with E-state index in [1.165, 1.54) is 6.07 Å². The Hall–Kier alpha value is -1.10. The second kappa shape index (κ2) is 4.81. The lowest BCUT2D eigenvalue weighted by Crippen LogP contribution is -2.19. The summed E-state index contributed by atoms with van der Waals surface area (Å²) in [5.41, 5.74) is -0.215. The van der Waals surface area contributed by atoms with Crippen LogP contribution in [0.25, 0.3) is 6.08 Å². The number of aromatic amines is 2. The molecule has 1 aromatic rings. The van der Waals surface area contributed by atoms with Crippen LogP contribution in [0.3, 0.4) is 0 Å².